The van der Waals surface area contributed by atoms with Crippen LogP contribution in [0.5, 0.6) is 0 Å². The van der Waals surface area contributed by atoms with Gasteiger partial charge in [0.05, 0.1) is 0 Å². The Morgan fingerprint density at radius 1 is 1.23 bits per heavy atom. The molecule has 0 amide bonds. The van der Waals surface area contributed by atoms with Crippen LogP contribution in [0.3, 0.4) is 0 Å². The summed E-state index contributed by atoms with van der Waals surface area (Å²) in [5.41, 5.74) is 0. The maximum atomic E-state index is 5.56. The summed E-state index contributed by atoms with van der Waals surface area (Å²) in [6, 6.07) is 1.89. The third-order valence-corrected chi connectivity index (χ3v) is 5.45. The molecule has 2 nitrogen and oxygen atoms in total. The molecular weight excluding hydrogens is 178 g/mol. The van der Waals surface area contributed by atoms with Crippen molar-refractivity contribution in [2.45, 2.75) is 46.0 Å². The molecule has 3 heteroatoms. The van der Waals surface area contributed by atoms with Crippen molar-refractivity contribution in [3.05, 3.63) is 0 Å². The van der Waals surface area contributed by atoms with E-state index in [1.165, 1.54) is 6.04 Å². The van der Waals surface area contributed by atoms with Crippen LogP contribution in [-0.2, 0) is 4.43 Å². The van der Waals surface area contributed by atoms with Gasteiger partial charge in [0, 0.05) is 13.2 Å². The first-order valence-corrected chi connectivity index (χ1v) is 8.37. The molecule has 0 aromatic rings. The third-order valence-electron chi connectivity index (χ3n) is 2.78. The quantitative estimate of drug-likeness (QED) is 0.615. The fourth-order valence-corrected chi connectivity index (χ4v) is 3.62. The van der Waals surface area contributed by atoms with Crippen molar-refractivity contribution in [1.82, 2.24) is 4.90 Å². The van der Waals surface area contributed by atoms with E-state index in [0.717, 1.165) is 13.1 Å². The van der Waals surface area contributed by atoms with Gasteiger partial charge < -0.3 is 9.33 Å². The highest BCUT2D eigenvalue weighted by Gasteiger charge is 2.25. The van der Waals surface area contributed by atoms with Crippen molar-refractivity contribution in [1.29, 1.82) is 0 Å². The van der Waals surface area contributed by atoms with E-state index in [0.29, 0.717) is 6.04 Å². The minimum Gasteiger partial charge on any atom is -0.420 e. The summed E-state index contributed by atoms with van der Waals surface area (Å²) >= 11 is 0. The zero-order valence-electron chi connectivity index (χ0n) is 10.1. The number of rotatable bonds is 6. The maximum Gasteiger partial charge on any atom is 0.187 e. The SMILES string of the molecule is CCN(CC)C(C)C[Si](C)(C)OC. The Morgan fingerprint density at radius 2 is 1.69 bits per heavy atom. The molecule has 0 aromatic heterocycles. The molecule has 0 aliphatic rings. The largest absolute Gasteiger partial charge is 0.420 e. The van der Waals surface area contributed by atoms with Crippen molar-refractivity contribution in [2.24, 2.45) is 0 Å². The minimum atomic E-state index is -1.38. The highest BCUT2D eigenvalue weighted by atomic mass is 28.4. The molecular formula is C10H25NOSi. The Kier molecular flexibility index (Phi) is 5.84. The van der Waals surface area contributed by atoms with E-state index in [2.05, 4.69) is 38.8 Å². The van der Waals surface area contributed by atoms with Crippen LogP contribution in [0.25, 0.3) is 0 Å². The highest BCUT2D eigenvalue weighted by Crippen LogP contribution is 2.16. The second kappa shape index (κ2) is 5.78. The monoisotopic (exact) mass is 203 g/mol. The van der Waals surface area contributed by atoms with Crippen LogP contribution in [-0.4, -0.2) is 39.5 Å². The molecule has 0 radical (unpaired) electrons. The fourth-order valence-electron chi connectivity index (χ4n) is 1.77. The lowest BCUT2D eigenvalue weighted by molar-refractivity contribution is 0.238. The van der Waals surface area contributed by atoms with Gasteiger partial charge in [0.25, 0.3) is 0 Å². The van der Waals surface area contributed by atoms with E-state index in [-0.39, 0.29) is 0 Å². The summed E-state index contributed by atoms with van der Waals surface area (Å²) in [5.74, 6) is 0. The number of hydrogen-bond donors (Lipinski definition) is 0. The van der Waals surface area contributed by atoms with Gasteiger partial charge in [-0.3, -0.25) is 0 Å². The summed E-state index contributed by atoms with van der Waals surface area (Å²) in [5, 5.41) is 0. The van der Waals surface area contributed by atoms with Crippen LogP contribution in [0.4, 0.5) is 0 Å². The molecule has 0 aliphatic heterocycles. The molecule has 0 spiro atoms. The maximum absolute atomic E-state index is 5.56. The van der Waals surface area contributed by atoms with E-state index in [4.69, 9.17) is 4.43 Å². The van der Waals surface area contributed by atoms with Crippen molar-refractivity contribution in [3.8, 4) is 0 Å². The predicted octanol–water partition coefficient (Wildman–Crippen LogP) is 2.57. The van der Waals surface area contributed by atoms with Crippen LogP contribution >= 0.6 is 0 Å². The fraction of sp³-hybridized carbons (Fsp3) is 1.00. The lowest BCUT2D eigenvalue weighted by atomic mass is 10.3. The summed E-state index contributed by atoms with van der Waals surface area (Å²) in [4.78, 5) is 2.49. The van der Waals surface area contributed by atoms with Crippen LogP contribution in [0, 0.1) is 0 Å². The standard InChI is InChI=1S/C10H25NOSi/c1-7-11(8-2)10(3)9-13(5,6)12-4/h10H,7-9H2,1-6H3. The molecule has 0 bridgehead atoms. The van der Waals surface area contributed by atoms with Crippen LogP contribution in [0.15, 0.2) is 0 Å². The van der Waals surface area contributed by atoms with Gasteiger partial charge >= 0.3 is 0 Å². The van der Waals surface area contributed by atoms with Gasteiger partial charge in [0.15, 0.2) is 8.32 Å². The number of hydrogen-bond acceptors (Lipinski definition) is 2. The lowest BCUT2D eigenvalue weighted by Gasteiger charge is -2.31. The summed E-state index contributed by atoms with van der Waals surface area (Å²) in [7, 11) is 0.471. The van der Waals surface area contributed by atoms with E-state index < -0.39 is 8.32 Å². The molecule has 80 valence electrons. The molecule has 13 heavy (non-hydrogen) atoms. The van der Waals surface area contributed by atoms with Gasteiger partial charge in [-0.2, -0.15) is 0 Å². The van der Waals surface area contributed by atoms with E-state index in [9.17, 15) is 0 Å². The lowest BCUT2D eigenvalue weighted by Crippen LogP contribution is -2.41. The molecule has 0 saturated carbocycles. The predicted molar refractivity (Wildman–Crippen MR) is 61.7 cm³/mol. The highest BCUT2D eigenvalue weighted by molar-refractivity contribution is 6.71. The van der Waals surface area contributed by atoms with Crippen molar-refractivity contribution in [3.63, 3.8) is 0 Å². The normalized spacial score (nSPS) is 15.0. The van der Waals surface area contributed by atoms with E-state index in [1.807, 2.05) is 7.11 Å². The van der Waals surface area contributed by atoms with E-state index in [1.54, 1.807) is 0 Å². The molecule has 1 atom stereocenters. The molecule has 0 fully saturated rings. The van der Waals surface area contributed by atoms with Crippen molar-refractivity contribution >= 4 is 8.32 Å². The Hall–Kier alpha value is 0.137. The molecule has 1 unspecified atom stereocenters. The van der Waals surface area contributed by atoms with Gasteiger partial charge in [-0.1, -0.05) is 13.8 Å². The van der Waals surface area contributed by atoms with Crippen LogP contribution in [0.1, 0.15) is 20.8 Å². The zero-order chi connectivity index (χ0) is 10.5. The molecule has 0 aliphatic carbocycles. The van der Waals surface area contributed by atoms with Gasteiger partial charge in [0.1, 0.15) is 0 Å². The zero-order valence-corrected chi connectivity index (χ0v) is 11.1. The first-order valence-electron chi connectivity index (χ1n) is 5.26. The Bertz CT molecular complexity index is 135. The van der Waals surface area contributed by atoms with Gasteiger partial charge in [-0.25, -0.2) is 0 Å². The Balaban J connectivity index is 4.04. The molecule has 0 heterocycles. The average Bonchev–Trinajstić information content (AvgIpc) is 2.06. The smallest absolute Gasteiger partial charge is 0.187 e. The second-order valence-electron chi connectivity index (χ2n) is 4.24. The van der Waals surface area contributed by atoms with Crippen LogP contribution in [0.2, 0.25) is 19.1 Å². The third kappa shape index (κ3) is 4.79. The Labute approximate surface area is 84.4 Å². The summed E-state index contributed by atoms with van der Waals surface area (Å²) < 4.78 is 5.56. The Morgan fingerprint density at radius 3 is 2.00 bits per heavy atom. The molecule has 0 N–H and O–H groups in total. The van der Waals surface area contributed by atoms with Crippen molar-refractivity contribution < 1.29 is 4.43 Å². The molecule has 0 aromatic carbocycles. The minimum absolute atomic E-state index is 0.664. The van der Waals surface area contributed by atoms with Gasteiger partial charge in [0.2, 0.25) is 0 Å². The topological polar surface area (TPSA) is 12.5 Å². The first kappa shape index (κ1) is 13.1. The second-order valence-corrected chi connectivity index (χ2v) is 8.57. The number of nitrogens with zero attached hydrogens (tertiary/aromatic N) is 1. The van der Waals surface area contributed by atoms with Crippen LogP contribution < -0.4 is 0 Å². The van der Waals surface area contributed by atoms with Gasteiger partial charge in [-0.15, -0.1) is 0 Å². The molecule has 0 saturated heterocycles. The van der Waals surface area contributed by atoms with Crippen molar-refractivity contribution in [2.75, 3.05) is 20.2 Å². The molecule has 0 rings (SSSR count). The van der Waals surface area contributed by atoms with Gasteiger partial charge in [-0.05, 0) is 39.2 Å². The van der Waals surface area contributed by atoms with E-state index >= 15 is 0 Å². The summed E-state index contributed by atoms with van der Waals surface area (Å²) in [6.07, 6.45) is 0. The summed E-state index contributed by atoms with van der Waals surface area (Å²) in [6.45, 7) is 13.6. The first-order chi connectivity index (χ1) is 5.96. The average molecular weight is 203 g/mol.